The third-order valence-electron chi connectivity index (χ3n) is 1.77. The van der Waals surface area contributed by atoms with Crippen LogP contribution in [0.4, 0.5) is 0 Å². The number of hydrogen-bond acceptors (Lipinski definition) is 2. The van der Waals surface area contributed by atoms with Crippen LogP contribution in [0, 0.1) is 6.92 Å². The van der Waals surface area contributed by atoms with Crippen LogP contribution >= 0.6 is 0 Å². The van der Waals surface area contributed by atoms with E-state index in [0.717, 1.165) is 11.3 Å². The number of aryl methyl sites for hydroxylation is 1. The summed E-state index contributed by atoms with van der Waals surface area (Å²) >= 11 is 0. The second kappa shape index (κ2) is 4.12. The molecule has 0 spiro atoms. The molecule has 0 bridgehead atoms. The van der Waals surface area contributed by atoms with E-state index < -0.39 is 0 Å². The van der Waals surface area contributed by atoms with Crippen LogP contribution < -0.4 is 4.74 Å². The van der Waals surface area contributed by atoms with Crippen molar-refractivity contribution < 1.29 is 9.47 Å². The fourth-order valence-electron chi connectivity index (χ4n) is 1.20. The van der Waals surface area contributed by atoms with Crippen molar-refractivity contribution in [3.05, 3.63) is 29.3 Å². The summed E-state index contributed by atoms with van der Waals surface area (Å²) in [5, 5.41) is 0. The van der Waals surface area contributed by atoms with E-state index in [-0.39, 0.29) is 0 Å². The SMILES string of the molecule is COCc1ccc(OC)c(C)c1. The Kier molecular flexibility index (Phi) is 3.11. The van der Waals surface area contributed by atoms with Crippen molar-refractivity contribution in [2.24, 2.45) is 0 Å². The lowest BCUT2D eigenvalue weighted by Gasteiger charge is -2.06. The zero-order valence-corrected chi connectivity index (χ0v) is 7.76. The molecule has 0 fully saturated rings. The summed E-state index contributed by atoms with van der Waals surface area (Å²) in [6.45, 7) is 2.68. The van der Waals surface area contributed by atoms with Crippen LogP contribution in [0.2, 0.25) is 0 Å². The van der Waals surface area contributed by atoms with Gasteiger partial charge in [-0.1, -0.05) is 12.1 Å². The summed E-state index contributed by atoms with van der Waals surface area (Å²) in [6, 6.07) is 6.04. The fraction of sp³-hybridized carbons (Fsp3) is 0.400. The first-order valence-corrected chi connectivity index (χ1v) is 3.90. The minimum absolute atomic E-state index is 0.658. The molecule has 0 heterocycles. The first-order chi connectivity index (χ1) is 5.77. The molecule has 2 nitrogen and oxygen atoms in total. The van der Waals surface area contributed by atoms with E-state index in [0.29, 0.717) is 6.61 Å². The van der Waals surface area contributed by atoms with Crippen molar-refractivity contribution in [1.82, 2.24) is 0 Å². The molecule has 0 aliphatic rings. The molecule has 66 valence electrons. The molecule has 0 saturated heterocycles. The van der Waals surface area contributed by atoms with Gasteiger partial charge in [0.1, 0.15) is 5.75 Å². The van der Waals surface area contributed by atoms with Gasteiger partial charge in [0.15, 0.2) is 0 Å². The first kappa shape index (κ1) is 9.07. The zero-order chi connectivity index (χ0) is 8.97. The van der Waals surface area contributed by atoms with Gasteiger partial charge in [0, 0.05) is 7.11 Å². The smallest absolute Gasteiger partial charge is 0.121 e. The first-order valence-electron chi connectivity index (χ1n) is 3.90. The molecule has 0 N–H and O–H groups in total. The molecule has 0 atom stereocenters. The van der Waals surface area contributed by atoms with Crippen LogP contribution in [0.25, 0.3) is 0 Å². The second-order valence-corrected chi connectivity index (χ2v) is 2.74. The van der Waals surface area contributed by atoms with Crippen LogP contribution in [0.3, 0.4) is 0 Å². The molecular weight excluding hydrogens is 152 g/mol. The predicted molar refractivity (Wildman–Crippen MR) is 48.4 cm³/mol. The molecular formula is C10H14O2. The Balaban J connectivity index is 2.86. The standard InChI is InChI=1S/C10H14O2/c1-8-6-9(7-11-2)4-5-10(8)12-3/h4-6H,7H2,1-3H3. The topological polar surface area (TPSA) is 18.5 Å². The average Bonchev–Trinajstić information content (AvgIpc) is 2.05. The summed E-state index contributed by atoms with van der Waals surface area (Å²) < 4.78 is 10.2. The summed E-state index contributed by atoms with van der Waals surface area (Å²) in [6.07, 6.45) is 0. The Bertz CT molecular complexity index is 256. The Labute approximate surface area is 73.1 Å². The molecule has 0 amide bonds. The van der Waals surface area contributed by atoms with Crippen LogP contribution in [0.15, 0.2) is 18.2 Å². The zero-order valence-electron chi connectivity index (χ0n) is 7.76. The lowest BCUT2D eigenvalue weighted by atomic mass is 10.1. The van der Waals surface area contributed by atoms with Crippen molar-refractivity contribution in [1.29, 1.82) is 0 Å². The maximum atomic E-state index is 5.14. The van der Waals surface area contributed by atoms with Crippen molar-refractivity contribution in [2.75, 3.05) is 14.2 Å². The van der Waals surface area contributed by atoms with E-state index in [1.165, 1.54) is 5.56 Å². The van der Waals surface area contributed by atoms with Gasteiger partial charge in [-0.2, -0.15) is 0 Å². The van der Waals surface area contributed by atoms with Crippen molar-refractivity contribution in [3.63, 3.8) is 0 Å². The van der Waals surface area contributed by atoms with Gasteiger partial charge in [0.2, 0.25) is 0 Å². The minimum atomic E-state index is 0.658. The summed E-state index contributed by atoms with van der Waals surface area (Å²) in [7, 11) is 3.37. The van der Waals surface area contributed by atoms with Crippen LogP contribution in [0.5, 0.6) is 5.75 Å². The van der Waals surface area contributed by atoms with Gasteiger partial charge in [-0.15, -0.1) is 0 Å². The third kappa shape index (κ3) is 1.98. The Morgan fingerprint density at radius 1 is 1.25 bits per heavy atom. The third-order valence-corrected chi connectivity index (χ3v) is 1.77. The van der Waals surface area contributed by atoms with Gasteiger partial charge in [0.25, 0.3) is 0 Å². The van der Waals surface area contributed by atoms with E-state index in [2.05, 4.69) is 6.07 Å². The highest BCUT2D eigenvalue weighted by Crippen LogP contribution is 2.18. The Morgan fingerprint density at radius 3 is 2.50 bits per heavy atom. The number of benzene rings is 1. The second-order valence-electron chi connectivity index (χ2n) is 2.74. The highest BCUT2D eigenvalue weighted by molar-refractivity contribution is 5.35. The lowest BCUT2D eigenvalue weighted by molar-refractivity contribution is 0.185. The summed E-state index contributed by atoms with van der Waals surface area (Å²) in [4.78, 5) is 0. The van der Waals surface area contributed by atoms with Crippen molar-refractivity contribution in [3.8, 4) is 5.75 Å². The maximum absolute atomic E-state index is 5.14. The van der Waals surface area contributed by atoms with Crippen molar-refractivity contribution >= 4 is 0 Å². The normalized spacial score (nSPS) is 9.92. The molecule has 0 aliphatic carbocycles. The fourth-order valence-corrected chi connectivity index (χ4v) is 1.20. The molecule has 1 aromatic rings. The van der Waals surface area contributed by atoms with Gasteiger partial charge in [-0.3, -0.25) is 0 Å². The largest absolute Gasteiger partial charge is 0.496 e. The van der Waals surface area contributed by atoms with E-state index >= 15 is 0 Å². The molecule has 1 aromatic carbocycles. The van der Waals surface area contributed by atoms with E-state index in [4.69, 9.17) is 9.47 Å². The summed E-state index contributed by atoms with van der Waals surface area (Å²) in [5.74, 6) is 0.926. The molecule has 0 aliphatic heterocycles. The molecule has 0 radical (unpaired) electrons. The Morgan fingerprint density at radius 2 is 2.00 bits per heavy atom. The Hall–Kier alpha value is -1.02. The summed E-state index contributed by atoms with van der Waals surface area (Å²) in [5.41, 5.74) is 2.32. The van der Waals surface area contributed by atoms with Gasteiger partial charge in [-0.05, 0) is 24.1 Å². The number of ether oxygens (including phenoxy) is 2. The van der Waals surface area contributed by atoms with Gasteiger partial charge in [-0.25, -0.2) is 0 Å². The van der Waals surface area contributed by atoms with Crippen molar-refractivity contribution in [2.45, 2.75) is 13.5 Å². The minimum Gasteiger partial charge on any atom is -0.496 e. The quantitative estimate of drug-likeness (QED) is 0.685. The monoisotopic (exact) mass is 166 g/mol. The lowest BCUT2D eigenvalue weighted by Crippen LogP contribution is -1.91. The molecule has 1 rings (SSSR count). The predicted octanol–water partition coefficient (Wildman–Crippen LogP) is 2.15. The average molecular weight is 166 g/mol. The van der Waals surface area contributed by atoms with E-state index in [9.17, 15) is 0 Å². The van der Waals surface area contributed by atoms with Gasteiger partial charge in [0.05, 0.1) is 13.7 Å². The van der Waals surface area contributed by atoms with Crippen LogP contribution in [-0.2, 0) is 11.3 Å². The van der Waals surface area contributed by atoms with E-state index in [1.807, 2.05) is 19.1 Å². The molecule has 2 heteroatoms. The number of hydrogen-bond donors (Lipinski definition) is 0. The van der Waals surface area contributed by atoms with Crippen LogP contribution in [-0.4, -0.2) is 14.2 Å². The van der Waals surface area contributed by atoms with E-state index in [1.54, 1.807) is 14.2 Å². The highest BCUT2D eigenvalue weighted by atomic mass is 16.5. The number of methoxy groups -OCH3 is 2. The van der Waals surface area contributed by atoms with Gasteiger partial charge < -0.3 is 9.47 Å². The molecule has 0 unspecified atom stereocenters. The molecule has 0 aromatic heterocycles. The van der Waals surface area contributed by atoms with Gasteiger partial charge >= 0.3 is 0 Å². The highest BCUT2D eigenvalue weighted by Gasteiger charge is 1.98. The molecule has 0 saturated carbocycles. The van der Waals surface area contributed by atoms with Crippen LogP contribution in [0.1, 0.15) is 11.1 Å². The number of rotatable bonds is 3. The maximum Gasteiger partial charge on any atom is 0.121 e. The molecule has 12 heavy (non-hydrogen) atoms.